The Bertz CT molecular complexity index is 829. The van der Waals surface area contributed by atoms with Gasteiger partial charge in [-0.05, 0) is 31.2 Å². The standard InChI is InChI=1S/C18H15Cl2F2NO2/c1-10(24)18-14(21)3-2-4-16(18)23-5-6-25-17(9-23)11-7-15(22)13(20)8-12(11)19/h2-4,7-8,17H,5-6,9H2,1H3. The third-order valence-corrected chi connectivity index (χ3v) is 4.75. The Kier molecular flexibility index (Phi) is 5.27. The smallest absolute Gasteiger partial charge is 0.164 e. The largest absolute Gasteiger partial charge is 0.370 e. The van der Waals surface area contributed by atoms with Gasteiger partial charge in [0.15, 0.2) is 5.78 Å². The van der Waals surface area contributed by atoms with Gasteiger partial charge in [-0.3, -0.25) is 4.79 Å². The summed E-state index contributed by atoms with van der Waals surface area (Å²) in [6.07, 6.45) is -0.518. The molecule has 0 aromatic heterocycles. The maximum atomic E-state index is 14.1. The van der Waals surface area contributed by atoms with Gasteiger partial charge in [-0.25, -0.2) is 8.78 Å². The molecule has 2 aromatic carbocycles. The minimum absolute atomic E-state index is 0.0385. The Balaban J connectivity index is 1.94. The number of Topliss-reactive ketones (excluding diaryl/α,β-unsaturated/α-hetero) is 1. The molecule has 0 bridgehead atoms. The van der Waals surface area contributed by atoms with Crippen molar-refractivity contribution in [2.45, 2.75) is 13.0 Å². The van der Waals surface area contributed by atoms with Crippen LogP contribution in [-0.4, -0.2) is 25.5 Å². The average molecular weight is 386 g/mol. The summed E-state index contributed by atoms with van der Waals surface area (Å²) in [6, 6.07) is 7.07. The first kappa shape index (κ1) is 18.1. The van der Waals surface area contributed by atoms with E-state index in [9.17, 15) is 13.6 Å². The Morgan fingerprint density at radius 1 is 1.20 bits per heavy atom. The first-order chi connectivity index (χ1) is 11.9. The number of anilines is 1. The molecule has 1 heterocycles. The van der Waals surface area contributed by atoms with E-state index in [0.717, 1.165) is 0 Å². The highest BCUT2D eigenvalue weighted by molar-refractivity contribution is 6.35. The number of rotatable bonds is 3. The van der Waals surface area contributed by atoms with E-state index in [4.69, 9.17) is 27.9 Å². The van der Waals surface area contributed by atoms with Crippen molar-refractivity contribution in [3.8, 4) is 0 Å². The van der Waals surface area contributed by atoms with E-state index >= 15 is 0 Å². The first-order valence-electron chi connectivity index (χ1n) is 7.69. The van der Waals surface area contributed by atoms with Gasteiger partial charge in [0, 0.05) is 23.7 Å². The lowest BCUT2D eigenvalue weighted by Crippen LogP contribution is -2.39. The van der Waals surface area contributed by atoms with Gasteiger partial charge in [-0.2, -0.15) is 0 Å². The van der Waals surface area contributed by atoms with Crippen LogP contribution in [0.5, 0.6) is 0 Å². The number of benzene rings is 2. The van der Waals surface area contributed by atoms with Gasteiger partial charge < -0.3 is 9.64 Å². The lowest BCUT2D eigenvalue weighted by Gasteiger charge is -2.36. The highest BCUT2D eigenvalue weighted by atomic mass is 35.5. The van der Waals surface area contributed by atoms with Crippen molar-refractivity contribution in [2.24, 2.45) is 0 Å². The predicted octanol–water partition coefficient (Wildman–Crippen LogP) is 5.05. The summed E-state index contributed by atoms with van der Waals surface area (Å²) in [5.74, 6) is -1.51. The van der Waals surface area contributed by atoms with Crippen molar-refractivity contribution in [3.63, 3.8) is 0 Å². The van der Waals surface area contributed by atoms with Crippen LogP contribution in [0.15, 0.2) is 30.3 Å². The van der Waals surface area contributed by atoms with Crippen LogP contribution in [0.2, 0.25) is 10.0 Å². The third-order valence-electron chi connectivity index (χ3n) is 4.14. The van der Waals surface area contributed by atoms with Crippen molar-refractivity contribution in [1.29, 1.82) is 0 Å². The minimum Gasteiger partial charge on any atom is -0.370 e. The van der Waals surface area contributed by atoms with Crippen LogP contribution < -0.4 is 4.90 Å². The number of carbonyl (C=O) groups excluding carboxylic acids is 1. The quantitative estimate of drug-likeness (QED) is 0.546. The molecule has 25 heavy (non-hydrogen) atoms. The fourth-order valence-corrected chi connectivity index (χ4v) is 3.47. The van der Waals surface area contributed by atoms with E-state index in [1.807, 2.05) is 4.90 Å². The van der Waals surface area contributed by atoms with Crippen LogP contribution in [0.25, 0.3) is 0 Å². The second-order valence-corrected chi connectivity index (χ2v) is 6.60. The van der Waals surface area contributed by atoms with Gasteiger partial charge in [-0.15, -0.1) is 0 Å². The van der Waals surface area contributed by atoms with Gasteiger partial charge in [0.2, 0.25) is 0 Å². The van der Waals surface area contributed by atoms with Gasteiger partial charge >= 0.3 is 0 Å². The van der Waals surface area contributed by atoms with E-state index in [0.29, 0.717) is 36.0 Å². The maximum absolute atomic E-state index is 14.1. The molecule has 1 aliphatic heterocycles. The number of morpholine rings is 1. The summed E-state index contributed by atoms with van der Waals surface area (Å²) < 4.78 is 33.6. The Morgan fingerprint density at radius 3 is 2.68 bits per heavy atom. The zero-order chi connectivity index (χ0) is 18.1. The molecule has 2 aromatic rings. The van der Waals surface area contributed by atoms with Crippen LogP contribution in [0, 0.1) is 11.6 Å². The number of nitrogens with zero attached hydrogens (tertiary/aromatic N) is 1. The zero-order valence-electron chi connectivity index (χ0n) is 13.4. The summed E-state index contributed by atoms with van der Waals surface area (Å²) >= 11 is 11.9. The van der Waals surface area contributed by atoms with E-state index in [-0.39, 0.29) is 16.4 Å². The second-order valence-electron chi connectivity index (χ2n) is 5.78. The summed E-state index contributed by atoms with van der Waals surface area (Å²) in [7, 11) is 0. The average Bonchev–Trinajstić information content (AvgIpc) is 2.57. The first-order valence-corrected chi connectivity index (χ1v) is 8.44. The number of carbonyl (C=O) groups is 1. The third kappa shape index (κ3) is 3.64. The molecular formula is C18H15Cl2F2NO2. The fraction of sp³-hybridized carbons (Fsp3) is 0.278. The van der Waals surface area contributed by atoms with E-state index in [2.05, 4.69) is 0 Å². The van der Waals surface area contributed by atoms with E-state index < -0.39 is 17.7 Å². The highest BCUT2D eigenvalue weighted by Crippen LogP contribution is 2.34. The van der Waals surface area contributed by atoms with Crippen molar-refractivity contribution < 1.29 is 18.3 Å². The van der Waals surface area contributed by atoms with Crippen molar-refractivity contribution in [1.82, 2.24) is 0 Å². The predicted molar refractivity (Wildman–Crippen MR) is 93.7 cm³/mol. The molecule has 0 spiro atoms. The molecule has 1 aliphatic rings. The molecule has 0 radical (unpaired) electrons. The van der Waals surface area contributed by atoms with Crippen LogP contribution in [0.4, 0.5) is 14.5 Å². The van der Waals surface area contributed by atoms with Crippen molar-refractivity contribution >= 4 is 34.7 Å². The number of ether oxygens (including phenoxy) is 1. The summed E-state index contributed by atoms with van der Waals surface area (Å²) in [5, 5.41) is 0.231. The molecule has 1 unspecified atom stereocenters. The molecule has 0 aliphatic carbocycles. The van der Waals surface area contributed by atoms with Crippen LogP contribution in [0.1, 0.15) is 28.9 Å². The Labute approximate surface area is 154 Å². The molecule has 7 heteroatoms. The molecule has 132 valence electrons. The molecule has 0 amide bonds. The number of hydrogen-bond acceptors (Lipinski definition) is 3. The van der Waals surface area contributed by atoms with Gasteiger partial charge in [0.25, 0.3) is 0 Å². The van der Waals surface area contributed by atoms with Gasteiger partial charge in [0.1, 0.15) is 17.7 Å². The van der Waals surface area contributed by atoms with E-state index in [1.54, 1.807) is 12.1 Å². The zero-order valence-corrected chi connectivity index (χ0v) is 14.9. The molecule has 1 atom stereocenters. The van der Waals surface area contributed by atoms with Gasteiger partial charge in [-0.1, -0.05) is 29.3 Å². The van der Waals surface area contributed by atoms with Crippen LogP contribution in [-0.2, 0) is 4.74 Å². The SMILES string of the molecule is CC(=O)c1c(F)cccc1N1CCOC(c2cc(F)c(Cl)cc2Cl)C1. The fourth-order valence-electron chi connectivity index (χ4n) is 2.97. The Morgan fingerprint density at radius 2 is 1.96 bits per heavy atom. The molecule has 0 N–H and O–H groups in total. The normalized spacial score (nSPS) is 17.6. The lowest BCUT2D eigenvalue weighted by molar-refractivity contribution is 0.0396. The molecule has 1 fully saturated rings. The second kappa shape index (κ2) is 7.28. The number of ketones is 1. The van der Waals surface area contributed by atoms with Crippen molar-refractivity contribution in [2.75, 3.05) is 24.6 Å². The highest BCUT2D eigenvalue weighted by Gasteiger charge is 2.27. The minimum atomic E-state index is -0.586. The monoisotopic (exact) mass is 385 g/mol. The molecule has 0 saturated carbocycles. The summed E-state index contributed by atoms with van der Waals surface area (Å²) in [6.45, 7) is 2.45. The van der Waals surface area contributed by atoms with E-state index in [1.165, 1.54) is 25.1 Å². The molecular weight excluding hydrogens is 371 g/mol. The topological polar surface area (TPSA) is 29.5 Å². The maximum Gasteiger partial charge on any atom is 0.164 e. The number of hydrogen-bond donors (Lipinski definition) is 0. The lowest BCUT2D eigenvalue weighted by atomic mass is 10.0. The molecule has 3 rings (SSSR count). The summed E-state index contributed by atoms with van der Waals surface area (Å²) in [4.78, 5) is 13.7. The van der Waals surface area contributed by atoms with Crippen molar-refractivity contribution in [3.05, 3.63) is 63.1 Å². The molecule has 3 nitrogen and oxygen atoms in total. The van der Waals surface area contributed by atoms with Crippen LogP contribution in [0.3, 0.4) is 0 Å². The van der Waals surface area contributed by atoms with Gasteiger partial charge in [0.05, 0.1) is 22.9 Å². The molecule has 1 saturated heterocycles. The number of halogens is 4. The summed E-state index contributed by atoms with van der Waals surface area (Å²) in [5.41, 5.74) is 0.997. The Hall–Kier alpha value is -1.69. The van der Waals surface area contributed by atoms with Crippen LogP contribution >= 0.6 is 23.2 Å².